The molecule has 1 amide bonds. The van der Waals surface area contributed by atoms with E-state index in [0.717, 1.165) is 21.2 Å². The lowest BCUT2D eigenvalue weighted by atomic mass is 10.1. The Hall–Kier alpha value is -2.25. The molecule has 2 rings (SSSR count). The van der Waals surface area contributed by atoms with Gasteiger partial charge < -0.3 is 10.1 Å². The Balaban J connectivity index is 1.75. The highest BCUT2D eigenvalue weighted by atomic mass is 79.9. The van der Waals surface area contributed by atoms with E-state index in [2.05, 4.69) is 33.1 Å². The normalized spacial score (nSPS) is 9.55. The molecule has 0 aliphatic rings. The molecule has 0 saturated heterocycles. The van der Waals surface area contributed by atoms with Gasteiger partial charge in [-0.25, -0.2) is 4.79 Å². The van der Waals surface area contributed by atoms with Crippen LogP contribution in [0.4, 0.5) is 4.79 Å². The molecule has 0 heterocycles. The monoisotopic (exact) mass is 357 g/mol. The molecule has 0 atom stereocenters. The zero-order valence-electron chi connectivity index (χ0n) is 12.2. The van der Waals surface area contributed by atoms with Crippen molar-refractivity contribution in [2.45, 2.75) is 13.5 Å². The summed E-state index contributed by atoms with van der Waals surface area (Å²) in [6, 6.07) is 15.4. The molecule has 2 aromatic carbocycles. The van der Waals surface area contributed by atoms with E-state index in [1.807, 2.05) is 55.5 Å². The third-order valence-corrected chi connectivity index (χ3v) is 3.79. The lowest BCUT2D eigenvalue weighted by molar-refractivity contribution is 0.141. The molecule has 3 nitrogen and oxygen atoms in total. The minimum Gasteiger partial charge on any atom is -0.445 e. The number of carbonyl (C=O) groups excluding carboxylic acids is 1. The second-order valence-corrected chi connectivity index (χ2v) is 5.54. The van der Waals surface area contributed by atoms with Crippen molar-refractivity contribution in [2.24, 2.45) is 0 Å². The van der Waals surface area contributed by atoms with Crippen LogP contribution >= 0.6 is 15.9 Å². The van der Waals surface area contributed by atoms with Gasteiger partial charge in [-0.3, -0.25) is 0 Å². The van der Waals surface area contributed by atoms with Crippen LogP contribution in [0.2, 0.25) is 0 Å². The first kappa shape index (κ1) is 16.1. The predicted molar refractivity (Wildman–Crippen MR) is 90.4 cm³/mol. The second kappa shape index (κ2) is 8.26. The number of hydrogen-bond donors (Lipinski definition) is 1. The summed E-state index contributed by atoms with van der Waals surface area (Å²) >= 11 is 3.46. The summed E-state index contributed by atoms with van der Waals surface area (Å²) < 4.78 is 6.11. The largest absolute Gasteiger partial charge is 0.445 e. The number of aryl methyl sites for hydroxylation is 1. The minimum absolute atomic E-state index is 0.249. The molecule has 0 radical (unpaired) electrons. The smallest absolute Gasteiger partial charge is 0.408 e. The van der Waals surface area contributed by atoms with Crippen LogP contribution in [0.15, 0.2) is 53.0 Å². The van der Waals surface area contributed by atoms with Gasteiger partial charge in [-0.05, 0) is 30.2 Å². The van der Waals surface area contributed by atoms with Gasteiger partial charge in [-0.1, -0.05) is 64.2 Å². The molecule has 0 aliphatic heterocycles. The van der Waals surface area contributed by atoms with Gasteiger partial charge in [0.05, 0.1) is 6.54 Å². The minimum atomic E-state index is -0.469. The van der Waals surface area contributed by atoms with Gasteiger partial charge in [0.15, 0.2) is 0 Å². The molecule has 22 heavy (non-hydrogen) atoms. The summed E-state index contributed by atoms with van der Waals surface area (Å²) in [4.78, 5) is 11.5. The van der Waals surface area contributed by atoms with Crippen LogP contribution in [0.25, 0.3) is 0 Å². The van der Waals surface area contributed by atoms with Gasteiger partial charge in [-0.15, -0.1) is 0 Å². The molecule has 112 valence electrons. The summed E-state index contributed by atoms with van der Waals surface area (Å²) in [7, 11) is 0. The Bertz CT molecular complexity index is 702. The Labute approximate surface area is 138 Å². The van der Waals surface area contributed by atoms with Crippen LogP contribution in [-0.4, -0.2) is 12.6 Å². The molecular formula is C18H16BrNO2. The van der Waals surface area contributed by atoms with Crippen molar-refractivity contribution in [3.8, 4) is 11.8 Å². The van der Waals surface area contributed by atoms with E-state index < -0.39 is 6.09 Å². The maximum absolute atomic E-state index is 11.5. The third kappa shape index (κ3) is 5.27. The molecule has 0 spiro atoms. The second-order valence-electron chi connectivity index (χ2n) is 4.68. The van der Waals surface area contributed by atoms with E-state index in [9.17, 15) is 4.79 Å². The van der Waals surface area contributed by atoms with Crippen molar-refractivity contribution in [1.29, 1.82) is 0 Å². The number of hydrogen-bond acceptors (Lipinski definition) is 2. The number of ether oxygens (including phenoxy) is 1. The van der Waals surface area contributed by atoms with Gasteiger partial charge in [-0.2, -0.15) is 0 Å². The highest BCUT2D eigenvalue weighted by molar-refractivity contribution is 9.10. The van der Waals surface area contributed by atoms with Gasteiger partial charge >= 0.3 is 6.09 Å². The van der Waals surface area contributed by atoms with Gasteiger partial charge in [0.25, 0.3) is 0 Å². The van der Waals surface area contributed by atoms with E-state index in [-0.39, 0.29) is 13.2 Å². The van der Waals surface area contributed by atoms with Crippen molar-refractivity contribution in [1.82, 2.24) is 5.32 Å². The van der Waals surface area contributed by atoms with E-state index in [1.165, 1.54) is 0 Å². The molecule has 4 heteroatoms. The van der Waals surface area contributed by atoms with Gasteiger partial charge in [0.2, 0.25) is 0 Å². The summed E-state index contributed by atoms with van der Waals surface area (Å²) in [6.45, 7) is 2.52. The van der Waals surface area contributed by atoms with E-state index in [4.69, 9.17) is 4.74 Å². The van der Waals surface area contributed by atoms with Crippen molar-refractivity contribution in [3.63, 3.8) is 0 Å². The van der Waals surface area contributed by atoms with Crippen LogP contribution in [0.1, 0.15) is 16.7 Å². The maximum Gasteiger partial charge on any atom is 0.408 e. The highest BCUT2D eigenvalue weighted by Crippen LogP contribution is 2.16. The number of rotatable bonds is 3. The fourth-order valence-electron chi connectivity index (χ4n) is 1.71. The summed E-state index contributed by atoms with van der Waals surface area (Å²) in [5.74, 6) is 5.89. The zero-order chi connectivity index (χ0) is 15.8. The summed E-state index contributed by atoms with van der Waals surface area (Å²) in [6.07, 6.45) is -0.469. The van der Waals surface area contributed by atoms with Crippen molar-refractivity contribution in [3.05, 3.63) is 69.7 Å². The number of halogens is 1. The Morgan fingerprint density at radius 2 is 2.00 bits per heavy atom. The lowest BCUT2D eigenvalue weighted by Gasteiger charge is -2.04. The molecule has 0 aliphatic carbocycles. The van der Waals surface area contributed by atoms with E-state index in [1.54, 1.807) is 0 Å². The lowest BCUT2D eigenvalue weighted by Crippen LogP contribution is -2.24. The van der Waals surface area contributed by atoms with Crippen LogP contribution < -0.4 is 5.32 Å². The quantitative estimate of drug-likeness (QED) is 0.842. The topological polar surface area (TPSA) is 38.3 Å². The zero-order valence-corrected chi connectivity index (χ0v) is 13.8. The van der Waals surface area contributed by atoms with Crippen molar-refractivity contribution in [2.75, 3.05) is 6.54 Å². The average Bonchev–Trinajstić information content (AvgIpc) is 2.54. The van der Waals surface area contributed by atoms with E-state index >= 15 is 0 Å². The van der Waals surface area contributed by atoms with Crippen molar-refractivity contribution < 1.29 is 9.53 Å². The molecule has 2 aromatic rings. The molecule has 0 fully saturated rings. The summed E-state index contributed by atoms with van der Waals surface area (Å²) in [5, 5.41) is 2.60. The predicted octanol–water partition coefficient (Wildman–Crippen LogP) is 4.04. The Morgan fingerprint density at radius 1 is 1.23 bits per heavy atom. The number of amides is 1. The summed E-state index contributed by atoms with van der Waals surface area (Å²) in [5.41, 5.74) is 3.01. The first-order valence-electron chi connectivity index (χ1n) is 6.85. The third-order valence-electron chi connectivity index (χ3n) is 2.94. The Morgan fingerprint density at radius 3 is 2.73 bits per heavy atom. The molecule has 0 unspecified atom stereocenters. The van der Waals surface area contributed by atoms with Crippen molar-refractivity contribution >= 4 is 22.0 Å². The standard InChI is InChI=1S/C18H16BrNO2/c1-14-9-10-15(12-17(14)19)8-5-11-20-18(21)22-13-16-6-3-2-4-7-16/h2-4,6-7,9-10,12H,11,13H2,1H3,(H,20,21). The van der Waals surface area contributed by atoms with Gasteiger partial charge in [0.1, 0.15) is 6.61 Å². The fraction of sp³-hybridized carbons (Fsp3) is 0.167. The van der Waals surface area contributed by atoms with Crippen LogP contribution in [0, 0.1) is 18.8 Å². The van der Waals surface area contributed by atoms with Gasteiger partial charge in [0, 0.05) is 10.0 Å². The van der Waals surface area contributed by atoms with Crippen LogP contribution in [-0.2, 0) is 11.3 Å². The number of alkyl carbamates (subject to hydrolysis) is 1. The molecule has 1 N–H and O–H groups in total. The SMILES string of the molecule is Cc1ccc(C#CCNC(=O)OCc2ccccc2)cc1Br. The first-order valence-corrected chi connectivity index (χ1v) is 7.64. The molecular weight excluding hydrogens is 342 g/mol. The number of nitrogens with one attached hydrogen (secondary N) is 1. The Kier molecular flexibility index (Phi) is 6.05. The molecule has 0 saturated carbocycles. The molecule has 0 aromatic heterocycles. The fourth-order valence-corrected chi connectivity index (χ4v) is 2.09. The van der Waals surface area contributed by atoms with E-state index in [0.29, 0.717) is 0 Å². The van der Waals surface area contributed by atoms with Crippen LogP contribution in [0.5, 0.6) is 0 Å². The van der Waals surface area contributed by atoms with Crippen LogP contribution in [0.3, 0.4) is 0 Å². The highest BCUT2D eigenvalue weighted by Gasteiger charge is 2.00. The molecule has 0 bridgehead atoms. The number of benzene rings is 2. The first-order chi connectivity index (χ1) is 10.6. The maximum atomic E-state index is 11.5. The average molecular weight is 358 g/mol. The number of carbonyl (C=O) groups is 1.